The van der Waals surface area contributed by atoms with E-state index in [1.54, 1.807) is 0 Å². The van der Waals surface area contributed by atoms with Crippen LogP contribution in [0.3, 0.4) is 0 Å². The van der Waals surface area contributed by atoms with Gasteiger partial charge in [0.15, 0.2) is 0 Å². The van der Waals surface area contributed by atoms with Gasteiger partial charge in [0.05, 0.1) is 0 Å². The third kappa shape index (κ3) is 7.06. The summed E-state index contributed by atoms with van der Waals surface area (Å²) in [5.74, 6) is 0.807. The molecule has 0 spiro atoms. The molecule has 2 aromatic rings. The van der Waals surface area contributed by atoms with Crippen molar-refractivity contribution in [3.05, 3.63) is 81.6 Å². The van der Waals surface area contributed by atoms with E-state index in [0.717, 1.165) is 39.1 Å². The summed E-state index contributed by atoms with van der Waals surface area (Å²) < 4.78 is 0. The number of carbonyl (C=O) groups is 2. The number of rotatable bonds is 9. The van der Waals surface area contributed by atoms with Crippen LogP contribution in [-0.2, 0) is 0 Å². The monoisotopic (exact) mass is 476 g/mol. The van der Waals surface area contributed by atoms with Crippen molar-refractivity contribution >= 4 is 11.8 Å². The Bertz CT molecular complexity index is 1020. The van der Waals surface area contributed by atoms with Crippen LogP contribution in [0.25, 0.3) is 0 Å². The molecule has 2 amide bonds. The van der Waals surface area contributed by atoms with Gasteiger partial charge in [0.1, 0.15) is 0 Å². The molecule has 1 unspecified atom stereocenters. The molecule has 0 aliphatic rings. The van der Waals surface area contributed by atoms with E-state index in [9.17, 15) is 9.59 Å². The second kappa shape index (κ2) is 12.2. The van der Waals surface area contributed by atoms with Gasteiger partial charge >= 0.3 is 0 Å². The van der Waals surface area contributed by atoms with Gasteiger partial charge in [-0.15, -0.1) is 0 Å². The maximum absolute atomic E-state index is 13.3. The molecule has 0 aliphatic heterocycles. The summed E-state index contributed by atoms with van der Waals surface area (Å²) >= 11 is 0. The van der Waals surface area contributed by atoms with Gasteiger partial charge in [-0.25, -0.2) is 0 Å². The highest BCUT2D eigenvalue weighted by Gasteiger charge is 2.22. The third-order valence-electron chi connectivity index (χ3n) is 6.37. The maximum Gasteiger partial charge on any atom is 0.255 e. The SMILES string of the molecule is CC(=CC(C)NC(=O)c1c(C(C)C)cccc1C(C)C)NC(=O)c1c(C(C)C)cccc1C(C)C. The largest absolute Gasteiger partial charge is 0.346 e. The van der Waals surface area contributed by atoms with E-state index in [2.05, 4.69) is 66.0 Å². The Balaban J connectivity index is 2.26. The molecule has 0 radical (unpaired) electrons. The number of carbonyl (C=O) groups excluding carboxylic acids is 2. The highest BCUT2D eigenvalue weighted by molar-refractivity contribution is 5.99. The Labute approximate surface area is 212 Å². The van der Waals surface area contributed by atoms with E-state index >= 15 is 0 Å². The Kier molecular flexibility index (Phi) is 9.88. The second-order valence-electron chi connectivity index (χ2n) is 10.8. The van der Waals surface area contributed by atoms with Crippen molar-refractivity contribution in [3.63, 3.8) is 0 Å². The fourth-order valence-corrected chi connectivity index (χ4v) is 4.61. The Morgan fingerprint density at radius 2 is 0.971 bits per heavy atom. The average Bonchev–Trinajstić information content (AvgIpc) is 2.77. The summed E-state index contributed by atoms with van der Waals surface area (Å²) in [5.41, 5.74) is 6.46. The van der Waals surface area contributed by atoms with Crippen LogP contribution < -0.4 is 10.6 Å². The molecule has 0 saturated carbocycles. The Morgan fingerprint density at radius 3 is 1.31 bits per heavy atom. The number of allylic oxidation sites excluding steroid dienone is 1. The summed E-state index contributed by atoms with van der Waals surface area (Å²) in [6.45, 7) is 20.7. The molecule has 2 N–H and O–H groups in total. The van der Waals surface area contributed by atoms with Crippen LogP contribution >= 0.6 is 0 Å². The number of amides is 2. The molecule has 1 atom stereocenters. The molecule has 2 aromatic carbocycles. The van der Waals surface area contributed by atoms with Crippen molar-refractivity contribution in [2.45, 2.75) is 99.0 Å². The topological polar surface area (TPSA) is 58.2 Å². The zero-order valence-corrected chi connectivity index (χ0v) is 23.2. The lowest BCUT2D eigenvalue weighted by molar-refractivity contribution is 0.0943. The first-order valence-electron chi connectivity index (χ1n) is 12.9. The van der Waals surface area contributed by atoms with E-state index in [1.165, 1.54) is 0 Å². The summed E-state index contributed by atoms with van der Waals surface area (Å²) in [4.78, 5) is 26.7. The van der Waals surface area contributed by atoms with Crippen molar-refractivity contribution < 1.29 is 9.59 Å². The molecule has 4 nitrogen and oxygen atoms in total. The number of nitrogens with one attached hydrogen (secondary N) is 2. The first-order chi connectivity index (χ1) is 16.3. The van der Waals surface area contributed by atoms with Crippen molar-refractivity contribution in [2.75, 3.05) is 0 Å². The van der Waals surface area contributed by atoms with Crippen molar-refractivity contribution in [1.29, 1.82) is 0 Å². The lowest BCUT2D eigenvalue weighted by atomic mass is 9.88. The fourth-order valence-electron chi connectivity index (χ4n) is 4.61. The Hall–Kier alpha value is -2.88. The summed E-state index contributed by atoms with van der Waals surface area (Å²) in [7, 11) is 0. The molecule has 35 heavy (non-hydrogen) atoms. The minimum atomic E-state index is -0.243. The van der Waals surface area contributed by atoms with Gasteiger partial charge in [-0.3, -0.25) is 9.59 Å². The molecule has 0 fully saturated rings. The zero-order valence-electron chi connectivity index (χ0n) is 23.2. The maximum atomic E-state index is 13.3. The summed E-state index contributed by atoms with van der Waals surface area (Å²) in [6, 6.07) is 12.0. The molecular weight excluding hydrogens is 432 g/mol. The normalized spacial score (nSPS) is 13.0. The van der Waals surface area contributed by atoms with Crippen LogP contribution in [-0.4, -0.2) is 17.9 Å². The van der Waals surface area contributed by atoms with Crippen LogP contribution in [0.2, 0.25) is 0 Å². The molecule has 0 saturated heterocycles. The molecule has 190 valence electrons. The predicted molar refractivity (Wildman–Crippen MR) is 147 cm³/mol. The van der Waals surface area contributed by atoms with Gasteiger partial charge in [0.25, 0.3) is 11.8 Å². The molecule has 0 aromatic heterocycles. The van der Waals surface area contributed by atoms with Crippen LogP contribution in [0.4, 0.5) is 0 Å². The highest BCUT2D eigenvalue weighted by atomic mass is 16.2. The summed E-state index contributed by atoms with van der Waals surface area (Å²) in [5, 5.41) is 6.18. The lowest BCUT2D eigenvalue weighted by Gasteiger charge is -2.21. The lowest BCUT2D eigenvalue weighted by Crippen LogP contribution is -2.34. The quantitative estimate of drug-likeness (QED) is 0.391. The number of hydrogen-bond acceptors (Lipinski definition) is 2. The molecule has 0 bridgehead atoms. The number of hydrogen-bond donors (Lipinski definition) is 2. The second-order valence-corrected chi connectivity index (χ2v) is 10.8. The van der Waals surface area contributed by atoms with Crippen LogP contribution in [0.1, 0.15) is 136 Å². The molecule has 4 heteroatoms. The van der Waals surface area contributed by atoms with Crippen molar-refractivity contribution in [3.8, 4) is 0 Å². The van der Waals surface area contributed by atoms with Crippen LogP contribution in [0.15, 0.2) is 48.2 Å². The highest BCUT2D eigenvalue weighted by Crippen LogP contribution is 2.29. The van der Waals surface area contributed by atoms with Gasteiger partial charge in [0, 0.05) is 22.9 Å². The molecule has 0 heterocycles. The van der Waals surface area contributed by atoms with Crippen LogP contribution in [0.5, 0.6) is 0 Å². The first kappa shape index (κ1) is 28.4. The van der Waals surface area contributed by atoms with Crippen molar-refractivity contribution in [2.24, 2.45) is 0 Å². The smallest absolute Gasteiger partial charge is 0.255 e. The van der Waals surface area contributed by atoms with Gasteiger partial charge < -0.3 is 10.6 Å². The standard InChI is InChI=1S/C31H44N2O2/c1-18(2)24-13-11-14-25(19(3)4)28(24)30(34)32-22(9)17-23(10)33-31(35)29-26(20(5)6)15-12-16-27(29)21(7)8/h11-22H,1-10H3,(H,32,34)(H,33,35). The van der Waals surface area contributed by atoms with Gasteiger partial charge in [-0.1, -0.05) is 91.8 Å². The molecular formula is C31H44N2O2. The van der Waals surface area contributed by atoms with E-state index in [1.807, 2.05) is 56.3 Å². The molecule has 2 rings (SSSR count). The van der Waals surface area contributed by atoms with Crippen molar-refractivity contribution in [1.82, 2.24) is 10.6 Å². The zero-order chi connectivity index (χ0) is 26.4. The Morgan fingerprint density at radius 1 is 0.629 bits per heavy atom. The third-order valence-corrected chi connectivity index (χ3v) is 6.37. The van der Waals surface area contributed by atoms with Gasteiger partial charge in [0.2, 0.25) is 0 Å². The van der Waals surface area contributed by atoms with E-state index in [4.69, 9.17) is 0 Å². The number of benzene rings is 2. The van der Waals surface area contributed by atoms with Crippen LogP contribution in [0, 0.1) is 0 Å². The van der Waals surface area contributed by atoms with E-state index < -0.39 is 0 Å². The van der Waals surface area contributed by atoms with E-state index in [-0.39, 0.29) is 41.5 Å². The minimum Gasteiger partial charge on any atom is -0.346 e. The minimum absolute atomic E-state index is 0.0758. The summed E-state index contributed by atoms with van der Waals surface area (Å²) in [6.07, 6.45) is 1.90. The van der Waals surface area contributed by atoms with Gasteiger partial charge in [-0.05, 0) is 65.8 Å². The fraction of sp³-hybridized carbons (Fsp3) is 0.484. The van der Waals surface area contributed by atoms with Gasteiger partial charge in [-0.2, -0.15) is 0 Å². The van der Waals surface area contributed by atoms with E-state index in [0.29, 0.717) is 0 Å². The average molecular weight is 477 g/mol. The molecule has 0 aliphatic carbocycles. The first-order valence-corrected chi connectivity index (χ1v) is 12.9. The predicted octanol–water partition coefficient (Wildman–Crippen LogP) is 7.63.